The van der Waals surface area contributed by atoms with Gasteiger partial charge in [-0.25, -0.2) is 9.97 Å². The van der Waals surface area contributed by atoms with E-state index in [0.717, 1.165) is 17.1 Å². The van der Waals surface area contributed by atoms with Crippen LogP contribution in [-0.4, -0.2) is 16.5 Å². The molecule has 0 aliphatic heterocycles. The quantitative estimate of drug-likeness (QED) is 0.869. The van der Waals surface area contributed by atoms with Crippen LogP contribution < -0.4 is 10.6 Å². The molecule has 0 saturated heterocycles. The first kappa shape index (κ1) is 15.6. The topological polar surface area (TPSA) is 49.8 Å². The number of rotatable bonds is 5. The zero-order valence-electron chi connectivity index (χ0n) is 11.5. The van der Waals surface area contributed by atoms with Crippen LogP contribution in [0.15, 0.2) is 23.7 Å². The third-order valence-corrected chi connectivity index (χ3v) is 3.66. The maximum Gasteiger partial charge on any atom is 0.416 e. The summed E-state index contributed by atoms with van der Waals surface area (Å²) in [5.41, 5.74) is -0.734. The fraction of sp³-hybridized carbons (Fsp3) is 0.385. The third kappa shape index (κ3) is 4.07. The van der Waals surface area contributed by atoms with Gasteiger partial charge in [0.05, 0.1) is 11.6 Å². The maximum atomic E-state index is 12.9. The second-order valence-corrected chi connectivity index (χ2v) is 5.32. The van der Waals surface area contributed by atoms with Crippen molar-refractivity contribution in [2.45, 2.75) is 26.1 Å². The minimum Gasteiger partial charge on any atom is -0.370 e. The molecule has 0 amide bonds. The zero-order valence-corrected chi connectivity index (χ0v) is 12.3. The predicted octanol–water partition coefficient (Wildman–Crippen LogP) is 4.16. The smallest absolute Gasteiger partial charge is 0.370 e. The number of thiazole rings is 1. The summed E-state index contributed by atoms with van der Waals surface area (Å²) in [6, 6.07) is 1.80. The van der Waals surface area contributed by atoms with Crippen LogP contribution in [0.5, 0.6) is 0 Å². The van der Waals surface area contributed by atoms with Crippen molar-refractivity contribution < 1.29 is 13.2 Å². The summed E-state index contributed by atoms with van der Waals surface area (Å²) in [4.78, 5) is 8.27. The van der Waals surface area contributed by atoms with E-state index in [2.05, 4.69) is 20.6 Å². The van der Waals surface area contributed by atoms with Crippen molar-refractivity contribution in [1.82, 2.24) is 9.97 Å². The molecular formula is C13H15F3N4S. The van der Waals surface area contributed by atoms with Gasteiger partial charge in [0.15, 0.2) is 0 Å². The van der Waals surface area contributed by atoms with Crippen LogP contribution in [0.25, 0.3) is 0 Å². The fourth-order valence-corrected chi connectivity index (χ4v) is 2.42. The Bertz CT molecular complexity index is 584. The highest BCUT2D eigenvalue weighted by Crippen LogP contribution is 2.32. The molecule has 2 N–H and O–H groups in total. The Morgan fingerprint density at radius 1 is 1.29 bits per heavy atom. The average molecular weight is 316 g/mol. The molecule has 4 nitrogen and oxygen atoms in total. The van der Waals surface area contributed by atoms with Crippen molar-refractivity contribution in [3.8, 4) is 0 Å². The minimum atomic E-state index is -4.41. The summed E-state index contributed by atoms with van der Waals surface area (Å²) in [5.74, 6) is 0.365. The first-order valence-electron chi connectivity index (χ1n) is 6.39. The second-order valence-electron chi connectivity index (χ2n) is 4.39. The second kappa shape index (κ2) is 6.30. The van der Waals surface area contributed by atoms with E-state index in [0.29, 0.717) is 6.54 Å². The van der Waals surface area contributed by atoms with Gasteiger partial charge in [-0.3, -0.25) is 0 Å². The first-order valence-corrected chi connectivity index (χ1v) is 7.27. The first-order chi connectivity index (χ1) is 9.90. The van der Waals surface area contributed by atoms with Crippen LogP contribution in [0.2, 0.25) is 0 Å². The molecule has 21 heavy (non-hydrogen) atoms. The standard InChI is InChI=1S/C13H15F3N4S/c1-3-17-10-6-9(13(14,15)16)7-11(20-10)19-8(2)12-18-4-5-21-12/h4-8H,3H2,1-2H3,(H2,17,19,20). The van der Waals surface area contributed by atoms with Gasteiger partial charge in [0.2, 0.25) is 0 Å². The van der Waals surface area contributed by atoms with Gasteiger partial charge >= 0.3 is 6.18 Å². The molecule has 0 aromatic carbocycles. The zero-order chi connectivity index (χ0) is 15.5. The number of nitrogens with zero attached hydrogens (tertiary/aromatic N) is 2. The molecule has 0 aliphatic carbocycles. The predicted molar refractivity (Wildman–Crippen MR) is 77.6 cm³/mol. The van der Waals surface area contributed by atoms with Crippen LogP contribution >= 0.6 is 11.3 Å². The van der Waals surface area contributed by atoms with Gasteiger partial charge in [0.25, 0.3) is 0 Å². The van der Waals surface area contributed by atoms with Crippen molar-refractivity contribution in [3.05, 3.63) is 34.3 Å². The van der Waals surface area contributed by atoms with E-state index in [1.54, 1.807) is 13.1 Å². The monoisotopic (exact) mass is 316 g/mol. The van der Waals surface area contributed by atoms with Gasteiger partial charge in [-0.2, -0.15) is 13.2 Å². The summed E-state index contributed by atoms with van der Waals surface area (Å²) in [5, 5.41) is 8.36. The summed E-state index contributed by atoms with van der Waals surface area (Å²) in [6.45, 7) is 4.12. The molecule has 0 fully saturated rings. The van der Waals surface area contributed by atoms with Gasteiger partial charge in [-0.1, -0.05) is 0 Å². The van der Waals surface area contributed by atoms with Gasteiger partial charge in [-0.15, -0.1) is 11.3 Å². The van der Waals surface area contributed by atoms with E-state index < -0.39 is 11.7 Å². The fourth-order valence-electron chi connectivity index (χ4n) is 1.77. The maximum absolute atomic E-state index is 12.9. The van der Waals surface area contributed by atoms with E-state index >= 15 is 0 Å². The lowest BCUT2D eigenvalue weighted by Gasteiger charge is -2.16. The van der Waals surface area contributed by atoms with E-state index in [1.165, 1.54) is 11.3 Å². The summed E-state index contributed by atoms with van der Waals surface area (Å²) in [6.07, 6.45) is -2.75. The van der Waals surface area contributed by atoms with Crippen molar-refractivity contribution in [2.75, 3.05) is 17.2 Å². The molecule has 2 rings (SSSR count). The van der Waals surface area contributed by atoms with E-state index in [-0.39, 0.29) is 17.7 Å². The van der Waals surface area contributed by atoms with Crippen molar-refractivity contribution in [1.29, 1.82) is 0 Å². The van der Waals surface area contributed by atoms with Crippen molar-refractivity contribution in [2.24, 2.45) is 0 Å². The molecule has 2 aromatic rings. The highest BCUT2D eigenvalue weighted by Gasteiger charge is 2.31. The molecule has 1 atom stereocenters. The average Bonchev–Trinajstić information content (AvgIpc) is 2.91. The highest BCUT2D eigenvalue weighted by atomic mass is 32.1. The number of nitrogens with one attached hydrogen (secondary N) is 2. The molecule has 1 unspecified atom stereocenters. The normalized spacial score (nSPS) is 13.0. The van der Waals surface area contributed by atoms with Crippen LogP contribution in [0.4, 0.5) is 24.8 Å². The number of pyridine rings is 1. The number of anilines is 2. The lowest BCUT2D eigenvalue weighted by molar-refractivity contribution is -0.137. The molecule has 2 aromatic heterocycles. The van der Waals surface area contributed by atoms with Gasteiger partial charge in [0, 0.05) is 18.1 Å². The van der Waals surface area contributed by atoms with Crippen LogP contribution in [0.3, 0.4) is 0 Å². The Labute approximate surface area is 124 Å². The van der Waals surface area contributed by atoms with Gasteiger partial charge < -0.3 is 10.6 Å². The number of alkyl halides is 3. The lowest BCUT2D eigenvalue weighted by Crippen LogP contribution is -2.12. The van der Waals surface area contributed by atoms with Gasteiger partial charge in [0.1, 0.15) is 16.6 Å². The number of aromatic nitrogens is 2. The molecule has 0 spiro atoms. The minimum absolute atomic E-state index is 0.170. The van der Waals surface area contributed by atoms with Crippen LogP contribution in [0, 0.1) is 0 Å². The number of hydrogen-bond acceptors (Lipinski definition) is 5. The van der Waals surface area contributed by atoms with Gasteiger partial charge in [-0.05, 0) is 26.0 Å². The Hall–Kier alpha value is -1.83. The lowest BCUT2D eigenvalue weighted by atomic mass is 10.2. The molecular weight excluding hydrogens is 301 g/mol. The van der Waals surface area contributed by atoms with E-state index in [9.17, 15) is 13.2 Å². The Balaban J connectivity index is 2.27. The molecule has 0 aliphatic rings. The molecule has 0 radical (unpaired) electrons. The molecule has 0 bridgehead atoms. The third-order valence-electron chi connectivity index (χ3n) is 2.70. The Morgan fingerprint density at radius 2 is 2.00 bits per heavy atom. The summed E-state index contributed by atoms with van der Waals surface area (Å²) >= 11 is 1.44. The molecule has 2 heterocycles. The number of halogens is 3. The van der Waals surface area contributed by atoms with Crippen LogP contribution in [0.1, 0.15) is 30.5 Å². The van der Waals surface area contributed by atoms with E-state index in [1.807, 2.05) is 12.3 Å². The van der Waals surface area contributed by atoms with Crippen molar-refractivity contribution >= 4 is 23.0 Å². The van der Waals surface area contributed by atoms with Crippen LogP contribution in [-0.2, 0) is 6.18 Å². The molecule has 0 saturated carbocycles. The Morgan fingerprint density at radius 3 is 2.57 bits per heavy atom. The molecule has 8 heteroatoms. The largest absolute Gasteiger partial charge is 0.416 e. The van der Waals surface area contributed by atoms with Crippen molar-refractivity contribution in [3.63, 3.8) is 0 Å². The highest BCUT2D eigenvalue weighted by molar-refractivity contribution is 7.09. The summed E-state index contributed by atoms with van der Waals surface area (Å²) in [7, 11) is 0. The molecule has 114 valence electrons. The number of hydrogen-bond donors (Lipinski definition) is 2. The SMILES string of the molecule is CCNc1cc(C(F)(F)F)cc(NC(C)c2nccs2)n1. The Kier molecular flexibility index (Phi) is 4.66. The summed E-state index contributed by atoms with van der Waals surface area (Å²) < 4.78 is 38.7. The van der Waals surface area contributed by atoms with E-state index in [4.69, 9.17) is 0 Å².